The van der Waals surface area contributed by atoms with E-state index in [0.29, 0.717) is 5.69 Å². The number of carbonyl (C=O) groups excluding carboxylic acids is 1. The maximum Gasteiger partial charge on any atom is 0.418 e. The van der Waals surface area contributed by atoms with Crippen LogP contribution in [0.4, 0.5) is 24.5 Å². The summed E-state index contributed by atoms with van der Waals surface area (Å²) in [5.41, 5.74) is -0.744. The van der Waals surface area contributed by atoms with Gasteiger partial charge in [-0.3, -0.25) is 9.78 Å². The van der Waals surface area contributed by atoms with Crippen LogP contribution < -0.4 is 10.6 Å². The number of pyridine rings is 1. The zero-order valence-corrected chi connectivity index (χ0v) is 13.5. The van der Waals surface area contributed by atoms with Gasteiger partial charge in [-0.1, -0.05) is 12.1 Å². The van der Waals surface area contributed by atoms with E-state index < -0.39 is 17.3 Å². The number of para-hydroxylation sites is 1. The van der Waals surface area contributed by atoms with Crippen LogP contribution in [0, 0.1) is 0 Å². The summed E-state index contributed by atoms with van der Waals surface area (Å²) >= 11 is 0. The fourth-order valence-corrected chi connectivity index (χ4v) is 2.04. The molecule has 0 saturated heterocycles. The Morgan fingerprint density at radius 1 is 1.08 bits per heavy atom. The first kappa shape index (κ1) is 17.8. The summed E-state index contributed by atoms with van der Waals surface area (Å²) in [6.45, 7) is 5.50. The highest BCUT2D eigenvalue weighted by Gasteiger charge is 2.33. The first-order chi connectivity index (χ1) is 11.1. The van der Waals surface area contributed by atoms with Gasteiger partial charge >= 0.3 is 6.18 Å². The Morgan fingerprint density at radius 3 is 2.38 bits per heavy atom. The molecule has 0 fully saturated rings. The summed E-state index contributed by atoms with van der Waals surface area (Å²) in [6.07, 6.45) is -1.75. The lowest BCUT2D eigenvalue weighted by molar-refractivity contribution is -0.136. The third kappa shape index (κ3) is 4.71. The van der Waals surface area contributed by atoms with Crippen LogP contribution in [-0.4, -0.2) is 16.4 Å². The number of benzene rings is 1. The van der Waals surface area contributed by atoms with Crippen LogP contribution in [0.5, 0.6) is 0 Å². The molecule has 24 heavy (non-hydrogen) atoms. The van der Waals surface area contributed by atoms with Gasteiger partial charge in [0.1, 0.15) is 0 Å². The van der Waals surface area contributed by atoms with Gasteiger partial charge in [-0.15, -0.1) is 0 Å². The molecule has 1 heterocycles. The zero-order chi connectivity index (χ0) is 18.0. The predicted octanol–water partition coefficient (Wildman–Crippen LogP) is 4.37. The van der Waals surface area contributed by atoms with Crippen molar-refractivity contribution in [1.82, 2.24) is 10.3 Å². The Balaban J connectivity index is 2.27. The second kappa shape index (κ2) is 6.51. The molecule has 0 saturated carbocycles. The van der Waals surface area contributed by atoms with E-state index in [4.69, 9.17) is 0 Å². The molecule has 0 aliphatic heterocycles. The van der Waals surface area contributed by atoms with Crippen LogP contribution in [0.25, 0.3) is 0 Å². The number of rotatable bonds is 3. The maximum atomic E-state index is 13.0. The van der Waals surface area contributed by atoms with Gasteiger partial charge in [-0.2, -0.15) is 13.2 Å². The molecule has 1 aromatic carbocycles. The largest absolute Gasteiger partial charge is 0.418 e. The van der Waals surface area contributed by atoms with Gasteiger partial charge in [0.2, 0.25) is 0 Å². The Labute approximate surface area is 138 Å². The van der Waals surface area contributed by atoms with Gasteiger partial charge in [-0.25, -0.2) is 0 Å². The van der Waals surface area contributed by atoms with Crippen molar-refractivity contribution in [2.24, 2.45) is 0 Å². The molecule has 0 aliphatic rings. The number of anilines is 2. The second-order valence-corrected chi connectivity index (χ2v) is 6.33. The maximum absolute atomic E-state index is 13.0. The van der Waals surface area contributed by atoms with Gasteiger partial charge < -0.3 is 10.6 Å². The summed E-state index contributed by atoms with van der Waals surface area (Å²) in [6, 6.07) is 6.60. The van der Waals surface area contributed by atoms with Gasteiger partial charge in [0.15, 0.2) is 0 Å². The topological polar surface area (TPSA) is 54.0 Å². The Kier molecular flexibility index (Phi) is 4.82. The summed E-state index contributed by atoms with van der Waals surface area (Å²) in [4.78, 5) is 16.1. The van der Waals surface area contributed by atoms with Crippen LogP contribution in [0.15, 0.2) is 42.7 Å². The second-order valence-electron chi connectivity index (χ2n) is 6.33. The Morgan fingerprint density at radius 2 is 1.75 bits per heavy atom. The molecule has 1 amide bonds. The SMILES string of the molecule is CC(C)(C)NC(=O)c1cncc(Nc2ccccc2C(F)(F)F)c1. The van der Waals surface area contributed by atoms with E-state index in [-0.39, 0.29) is 17.2 Å². The van der Waals surface area contributed by atoms with E-state index in [9.17, 15) is 18.0 Å². The van der Waals surface area contributed by atoms with Crippen molar-refractivity contribution in [1.29, 1.82) is 0 Å². The first-order valence-electron chi connectivity index (χ1n) is 7.27. The zero-order valence-electron chi connectivity index (χ0n) is 13.5. The van der Waals surface area contributed by atoms with Crippen LogP contribution in [0.2, 0.25) is 0 Å². The molecule has 7 heteroatoms. The number of nitrogens with zero attached hydrogens (tertiary/aromatic N) is 1. The number of halogens is 3. The van der Waals surface area contributed by atoms with Crippen molar-refractivity contribution in [3.63, 3.8) is 0 Å². The highest BCUT2D eigenvalue weighted by Crippen LogP contribution is 2.35. The molecular weight excluding hydrogens is 319 g/mol. The Bertz CT molecular complexity index is 736. The summed E-state index contributed by atoms with van der Waals surface area (Å²) < 4.78 is 39.1. The number of amides is 1. The van der Waals surface area contributed by atoms with Crippen molar-refractivity contribution < 1.29 is 18.0 Å². The number of hydrogen-bond donors (Lipinski definition) is 2. The van der Waals surface area contributed by atoms with Crippen molar-refractivity contribution in [2.45, 2.75) is 32.5 Å². The Hall–Kier alpha value is -2.57. The summed E-state index contributed by atoms with van der Waals surface area (Å²) in [5.74, 6) is -0.345. The normalized spacial score (nSPS) is 11.9. The number of carbonyl (C=O) groups is 1. The molecule has 0 bridgehead atoms. The van der Waals surface area contributed by atoms with Crippen LogP contribution in [-0.2, 0) is 6.18 Å². The highest BCUT2D eigenvalue weighted by atomic mass is 19.4. The monoisotopic (exact) mass is 337 g/mol. The van der Waals surface area contributed by atoms with Crippen molar-refractivity contribution in [3.8, 4) is 0 Å². The standard InChI is InChI=1S/C17H18F3N3O/c1-16(2,3)23-15(24)11-8-12(10-21-9-11)22-14-7-5-4-6-13(14)17(18,19)20/h4-10,22H,1-3H3,(H,23,24). The van der Waals surface area contributed by atoms with E-state index in [2.05, 4.69) is 15.6 Å². The predicted molar refractivity (Wildman–Crippen MR) is 86.2 cm³/mol. The van der Waals surface area contributed by atoms with Gasteiger partial charge in [0, 0.05) is 11.7 Å². The molecule has 2 N–H and O–H groups in total. The number of nitrogens with one attached hydrogen (secondary N) is 2. The lowest BCUT2D eigenvalue weighted by Gasteiger charge is -2.20. The molecule has 128 valence electrons. The third-order valence-electron chi connectivity index (χ3n) is 3.00. The van der Waals surface area contributed by atoms with Crippen molar-refractivity contribution in [3.05, 3.63) is 53.9 Å². The third-order valence-corrected chi connectivity index (χ3v) is 3.00. The smallest absolute Gasteiger partial charge is 0.354 e. The summed E-state index contributed by atoms with van der Waals surface area (Å²) in [7, 11) is 0. The molecule has 0 unspecified atom stereocenters. The minimum absolute atomic E-state index is 0.0971. The first-order valence-corrected chi connectivity index (χ1v) is 7.27. The molecule has 4 nitrogen and oxygen atoms in total. The van der Waals surface area contributed by atoms with Crippen LogP contribution >= 0.6 is 0 Å². The number of hydrogen-bond acceptors (Lipinski definition) is 3. The van der Waals surface area contributed by atoms with E-state index in [1.165, 1.54) is 36.7 Å². The molecular formula is C17H18F3N3O. The molecule has 2 aromatic rings. The minimum Gasteiger partial charge on any atom is -0.354 e. The highest BCUT2D eigenvalue weighted by molar-refractivity contribution is 5.95. The van der Waals surface area contributed by atoms with Crippen molar-refractivity contribution in [2.75, 3.05) is 5.32 Å². The quantitative estimate of drug-likeness (QED) is 0.874. The lowest BCUT2D eigenvalue weighted by Crippen LogP contribution is -2.40. The molecule has 0 radical (unpaired) electrons. The molecule has 0 aliphatic carbocycles. The van der Waals surface area contributed by atoms with Crippen LogP contribution in [0.3, 0.4) is 0 Å². The van der Waals surface area contributed by atoms with Crippen molar-refractivity contribution >= 4 is 17.3 Å². The fraction of sp³-hybridized carbons (Fsp3) is 0.294. The average molecular weight is 337 g/mol. The molecule has 0 spiro atoms. The molecule has 2 rings (SSSR count). The van der Waals surface area contributed by atoms with E-state index >= 15 is 0 Å². The molecule has 1 aromatic heterocycles. The fourth-order valence-electron chi connectivity index (χ4n) is 2.04. The van der Waals surface area contributed by atoms with Gasteiger partial charge in [0.25, 0.3) is 5.91 Å². The van der Waals surface area contributed by atoms with E-state index in [0.717, 1.165) is 6.07 Å². The van der Waals surface area contributed by atoms with Crippen LogP contribution in [0.1, 0.15) is 36.7 Å². The minimum atomic E-state index is -4.47. The molecule has 0 atom stereocenters. The van der Waals surface area contributed by atoms with Gasteiger partial charge in [0.05, 0.1) is 28.7 Å². The summed E-state index contributed by atoms with van der Waals surface area (Å²) in [5, 5.41) is 5.45. The number of aromatic nitrogens is 1. The van der Waals surface area contributed by atoms with Gasteiger partial charge in [-0.05, 0) is 39.0 Å². The average Bonchev–Trinajstić information content (AvgIpc) is 2.45. The number of alkyl halides is 3. The van der Waals surface area contributed by atoms with E-state index in [1.54, 1.807) is 0 Å². The lowest BCUT2D eigenvalue weighted by atomic mass is 10.1. The van der Waals surface area contributed by atoms with E-state index in [1.807, 2.05) is 20.8 Å².